The minimum atomic E-state index is -0.285. The highest BCUT2D eigenvalue weighted by molar-refractivity contribution is 8.20. The standard InChI is InChI=1S/C4H4O2S/c1-2-3(5)4(6)7-2/h2H,1H3/t2-/m0/s1. The first-order valence-electron chi connectivity index (χ1n) is 1.96. The van der Waals surface area contributed by atoms with Crippen molar-refractivity contribution in [3.05, 3.63) is 0 Å². The highest BCUT2D eigenvalue weighted by Gasteiger charge is 2.34. The van der Waals surface area contributed by atoms with Gasteiger partial charge in [-0.15, -0.1) is 0 Å². The lowest BCUT2D eigenvalue weighted by atomic mass is 10.3. The maximum absolute atomic E-state index is 10.2. The van der Waals surface area contributed by atoms with E-state index >= 15 is 0 Å². The van der Waals surface area contributed by atoms with Gasteiger partial charge in [0.2, 0.25) is 5.78 Å². The van der Waals surface area contributed by atoms with Gasteiger partial charge in [-0.2, -0.15) is 0 Å². The average molecular weight is 116 g/mol. The number of Topliss-reactive ketones (excluding diaryl/α,β-unsaturated/α-hetero) is 1. The van der Waals surface area contributed by atoms with Crippen LogP contribution in [0.3, 0.4) is 0 Å². The molecule has 0 N–H and O–H groups in total. The van der Waals surface area contributed by atoms with Crippen LogP contribution in [0, 0.1) is 0 Å². The molecule has 1 aliphatic heterocycles. The zero-order chi connectivity index (χ0) is 5.44. The van der Waals surface area contributed by atoms with Crippen molar-refractivity contribution in [2.45, 2.75) is 12.2 Å². The summed E-state index contributed by atoms with van der Waals surface area (Å²) in [7, 11) is 0. The third kappa shape index (κ3) is 0.567. The first kappa shape index (κ1) is 4.84. The Labute approximate surface area is 45.3 Å². The number of carbonyl (C=O) groups is 2. The Morgan fingerprint density at radius 1 is 1.57 bits per heavy atom. The Morgan fingerprint density at radius 2 is 2.14 bits per heavy atom. The van der Waals surface area contributed by atoms with E-state index in [-0.39, 0.29) is 16.1 Å². The molecule has 1 rings (SSSR count). The van der Waals surface area contributed by atoms with E-state index in [1.807, 2.05) is 0 Å². The molecule has 0 aromatic rings. The van der Waals surface area contributed by atoms with Crippen LogP contribution in [-0.2, 0) is 9.59 Å². The monoisotopic (exact) mass is 116 g/mol. The summed E-state index contributed by atoms with van der Waals surface area (Å²) in [6, 6.07) is 0. The zero-order valence-electron chi connectivity index (χ0n) is 3.80. The summed E-state index contributed by atoms with van der Waals surface area (Å²) in [6.45, 7) is 1.73. The van der Waals surface area contributed by atoms with Crippen molar-refractivity contribution >= 4 is 22.7 Å². The average Bonchev–Trinajstić information content (AvgIpc) is 1.68. The van der Waals surface area contributed by atoms with Crippen molar-refractivity contribution in [3.63, 3.8) is 0 Å². The maximum Gasteiger partial charge on any atom is 0.256 e. The van der Waals surface area contributed by atoms with Crippen molar-refractivity contribution in [2.75, 3.05) is 0 Å². The van der Waals surface area contributed by atoms with Crippen LogP contribution in [0.5, 0.6) is 0 Å². The van der Waals surface area contributed by atoms with Gasteiger partial charge in [0.15, 0.2) is 0 Å². The molecule has 0 aliphatic carbocycles. The Balaban J connectivity index is 2.60. The van der Waals surface area contributed by atoms with E-state index in [1.54, 1.807) is 6.92 Å². The lowest BCUT2D eigenvalue weighted by Gasteiger charge is -2.14. The molecule has 0 radical (unpaired) electrons. The molecule has 0 bridgehead atoms. The van der Waals surface area contributed by atoms with E-state index in [9.17, 15) is 9.59 Å². The second-order valence-corrected chi connectivity index (χ2v) is 2.73. The third-order valence-corrected chi connectivity index (χ3v) is 1.84. The number of hydrogen-bond acceptors (Lipinski definition) is 3. The fraction of sp³-hybridized carbons (Fsp3) is 0.500. The highest BCUT2D eigenvalue weighted by Crippen LogP contribution is 2.24. The molecular formula is C4H4O2S. The van der Waals surface area contributed by atoms with Crippen molar-refractivity contribution in [1.29, 1.82) is 0 Å². The fourth-order valence-corrected chi connectivity index (χ4v) is 1.02. The smallest absolute Gasteiger partial charge is 0.256 e. The predicted molar refractivity (Wildman–Crippen MR) is 27.1 cm³/mol. The first-order valence-corrected chi connectivity index (χ1v) is 2.84. The van der Waals surface area contributed by atoms with Crippen molar-refractivity contribution in [3.8, 4) is 0 Å². The fourth-order valence-electron chi connectivity index (χ4n) is 0.380. The SMILES string of the molecule is C[C@@H]1SC(=O)C1=O. The molecule has 1 heterocycles. The number of ketones is 1. The molecule has 7 heavy (non-hydrogen) atoms. The third-order valence-electron chi connectivity index (χ3n) is 0.854. The lowest BCUT2D eigenvalue weighted by Crippen LogP contribution is -2.33. The molecule has 0 aromatic carbocycles. The topological polar surface area (TPSA) is 34.1 Å². The normalized spacial score (nSPS) is 30.1. The lowest BCUT2D eigenvalue weighted by molar-refractivity contribution is -0.132. The summed E-state index contributed by atoms with van der Waals surface area (Å²) >= 11 is 1.10. The summed E-state index contributed by atoms with van der Waals surface area (Å²) in [5.74, 6) is -0.231. The largest absolute Gasteiger partial charge is 0.289 e. The van der Waals surface area contributed by atoms with Crippen LogP contribution in [0.1, 0.15) is 6.92 Å². The van der Waals surface area contributed by atoms with Gasteiger partial charge < -0.3 is 0 Å². The first-order chi connectivity index (χ1) is 3.22. The van der Waals surface area contributed by atoms with Crippen molar-refractivity contribution < 1.29 is 9.59 Å². The molecule has 0 aromatic heterocycles. The van der Waals surface area contributed by atoms with Crippen molar-refractivity contribution in [1.82, 2.24) is 0 Å². The molecule has 1 atom stereocenters. The van der Waals surface area contributed by atoms with Gasteiger partial charge in [-0.3, -0.25) is 9.59 Å². The molecule has 1 saturated heterocycles. The predicted octanol–water partition coefficient (Wildman–Crippen LogP) is 0.217. The van der Waals surface area contributed by atoms with Gasteiger partial charge in [0.1, 0.15) is 0 Å². The van der Waals surface area contributed by atoms with Crippen LogP contribution in [0.15, 0.2) is 0 Å². The van der Waals surface area contributed by atoms with E-state index in [4.69, 9.17) is 0 Å². The highest BCUT2D eigenvalue weighted by atomic mass is 32.2. The van der Waals surface area contributed by atoms with Gasteiger partial charge in [-0.1, -0.05) is 11.8 Å². The Bertz CT molecular complexity index is 130. The summed E-state index contributed by atoms with van der Waals surface area (Å²) in [5.41, 5.74) is 0. The van der Waals surface area contributed by atoms with Crippen LogP contribution in [0.25, 0.3) is 0 Å². The van der Waals surface area contributed by atoms with Gasteiger partial charge in [0.05, 0.1) is 5.25 Å². The molecule has 2 nitrogen and oxygen atoms in total. The molecule has 0 amide bonds. The number of carbonyl (C=O) groups excluding carboxylic acids is 2. The second kappa shape index (κ2) is 1.33. The summed E-state index contributed by atoms with van der Waals surface area (Å²) in [5, 5.41) is -0.347. The van der Waals surface area contributed by atoms with Crippen LogP contribution in [0.4, 0.5) is 0 Å². The Kier molecular flexibility index (Phi) is 0.922. The molecule has 1 fully saturated rings. The van der Waals surface area contributed by atoms with Gasteiger partial charge in [-0.25, -0.2) is 0 Å². The molecule has 1 aliphatic rings. The Hall–Kier alpha value is -0.310. The quantitative estimate of drug-likeness (QED) is 0.424. The van der Waals surface area contributed by atoms with E-state index in [2.05, 4.69) is 0 Å². The zero-order valence-corrected chi connectivity index (χ0v) is 4.62. The molecule has 0 unspecified atom stereocenters. The van der Waals surface area contributed by atoms with E-state index in [1.165, 1.54) is 0 Å². The molecule has 0 saturated carbocycles. The Morgan fingerprint density at radius 3 is 2.14 bits per heavy atom. The van der Waals surface area contributed by atoms with Gasteiger partial charge in [0.25, 0.3) is 5.12 Å². The van der Waals surface area contributed by atoms with Crippen LogP contribution >= 0.6 is 11.8 Å². The molecule has 38 valence electrons. The minimum Gasteiger partial charge on any atom is -0.289 e. The summed E-state index contributed by atoms with van der Waals surface area (Å²) < 4.78 is 0. The molecule has 0 spiro atoms. The molecular weight excluding hydrogens is 112 g/mol. The van der Waals surface area contributed by atoms with Crippen LogP contribution < -0.4 is 0 Å². The summed E-state index contributed by atoms with van der Waals surface area (Å²) in [6.07, 6.45) is 0. The maximum atomic E-state index is 10.2. The molecule has 3 heteroatoms. The number of hydrogen-bond donors (Lipinski definition) is 0. The second-order valence-electron chi connectivity index (χ2n) is 1.41. The van der Waals surface area contributed by atoms with Gasteiger partial charge in [0, 0.05) is 0 Å². The van der Waals surface area contributed by atoms with Crippen molar-refractivity contribution in [2.24, 2.45) is 0 Å². The number of rotatable bonds is 0. The number of thioether (sulfide) groups is 1. The van der Waals surface area contributed by atoms with Crippen LogP contribution in [0.2, 0.25) is 0 Å². The van der Waals surface area contributed by atoms with Gasteiger partial charge >= 0.3 is 0 Å². The van der Waals surface area contributed by atoms with E-state index < -0.39 is 0 Å². The van der Waals surface area contributed by atoms with E-state index in [0.29, 0.717) is 0 Å². The summed E-state index contributed by atoms with van der Waals surface area (Å²) in [4.78, 5) is 20.2. The van der Waals surface area contributed by atoms with Crippen LogP contribution in [-0.4, -0.2) is 16.1 Å². The van der Waals surface area contributed by atoms with Gasteiger partial charge in [-0.05, 0) is 6.92 Å². The van der Waals surface area contributed by atoms with E-state index in [0.717, 1.165) is 11.8 Å². The minimum absolute atomic E-state index is 0.0625.